The van der Waals surface area contributed by atoms with Gasteiger partial charge < -0.3 is 0 Å². The Labute approximate surface area is 56.8 Å². The molecule has 0 fully saturated rings. The van der Waals surface area contributed by atoms with E-state index >= 15 is 0 Å². The quantitative estimate of drug-likeness (QED) is 0.515. The fourth-order valence-corrected chi connectivity index (χ4v) is 0.849. The smallest absolute Gasteiger partial charge is 0.106 e. The Morgan fingerprint density at radius 2 is 2.11 bits per heavy atom. The van der Waals surface area contributed by atoms with Crippen molar-refractivity contribution in [3.8, 4) is 0 Å². The van der Waals surface area contributed by atoms with E-state index in [1.165, 1.54) is 0 Å². The van der Waals surface area contributed by atoms with E-state index in [1.54, 1.807) is 19.9 Å². The molecule has 0 bridgehead atoms. The van der Waals surface area contributed by atoms with Gasteiger partial charge >= 0.3 is 0 Å². The lowest BCUT2D eigenvalue weighted by Crippen LogP contribution is -2.14. The summed E-state index contributed by atoms with van der Waals surface area (Å²) in [7, 11) is 0. The minimum Gasteiger partial charge on any atom is -0.244 e. The molecule has 1 atom stereocenters. The molecule has 1 heteroatoms. The molecule has 0 aliphatic rings. The number of alkyl halides is 1. The van der Waals surface area contributed by atoms with Crippen LogP contribution in [0.5, 0.6) is 0 Å². The van der Waals surface area contributed by atoms with Gasteiger partial charge in [-0.1, -0.05) is 13.0 Å². The van der Waals surface area contributed by atoms with Crippen LogP contribution in [0.2, 0.25) is 0 Å². The van der Waals surface area contributed by atoms with Crippen LogP contribution in [-0.4, -0.2) is 5.67 Å². The first-order valence-corrected chi connectivity index (χ1v) is 3.27. The molecular weight excluding hydrogens is 115 g/mol. The van der Waals surface area contributed by atoms with Crippen molar-refractivity contribution in [2.45, 2.75) is 32.9 Å². The number of hydrogen-bond donors (Lipinski definition) is 0. The van der Waals surface area contributed by atoms with Crippen LogP contribution in [0.4, 0.5) is 4.39 Å². The first-order valence-electron chi connectivity index (χ1n) is 3.27. The molecule has 0 nitrogen and oxygen atoms in total. The summed E-state index contributed by atoms with van der Waals surface area (Å²) in [5.41, 5.74) is -1.05. The van der Waals surface area contributed by atoms with Gasteiger partial charge in [-0.05, 0) is 26.2 Å². The number of rotatable bonds is 3. The molecule has 0 saturated carbocycles. The van der Waals surface area contributed by atoms with E-state index in [-0.39, 0.29) is 5.92 Å². The van der Waals surface area contributed by atoms with Gasteiger partial charge in [0.2, 0.25) is 0 Å². The monoisotopic (exact) mass is 130 g/mol. The molecule has 0 aromatic heterocycles. The van der Waals surface area contributed by atoms with E-state index in [1.807, 2.05) is 6.92 Å². The molecule has 0 N–H and O–H groups in total. The van der Waals surface area contributed by atoms with Crippen molar-refractivity contribution in [2.24, 2.45) is 5.92 Å². The van der Waals surface area contributed by atoms with Crippen LogP contribution in [0, 0.1) is 5.92 Å². The highest BCUT2D eigenvalue weighted by Crippen LogP contribution is 2.19. The summed E-state index contributed by atoms with van der Waals surface area (Å²) >= 11 is 0. The first kappa shape index (κ1) is 8.67. The van der Waals surface area contributed by atoms with Gasteiger partial charge in [-0.3, -0.25) is 0 Å². The molecule has 0 radical (unpaired) electrons. The van der Waals surface area contributed by atoms with Crippen molar-refractivity contribution in [1.82, 2.24) is 0 Å². The topological polar surface area (TPSA) is 0 Å². The van der Waals surface area contributed by atoms with Gasteiger partial charge in [-0.2, -0.15) is 0 Å². The molecule has 0 aliphatic carbocycles. The first-order chi connectivity index (χ1) is 3.95. The van der Waals surface area contributed by atoms with E-state index in [4.69, 9.17) is 0 Å². The Bertz CT molecular complexity index is 89.2. The molecule has 0 aromatic carbocycles. The Morgan fingerprint density at radius 1 is 1.67 bits per heavy atom. The standard InChI is InChI=1S/C8H15F/c1-5-7(2)6-8(3,4)9/h5,7H,1,6H2,2-4H3. The Kier molecular flexibility index (Phi) is 2.89. The zero-order chi connectivity index (χ0) is 7.49. The maximum Gasteiger partial charge on any atom is 0.106 e. The molecule has 0 amide bonds. The molecule has 1 unspecified atom stereocenters. The molecule has 0 spiro atoms. The van der Waals surface area contributed by atoms with E-state index < -0.39 is 5.67 Å². The van der Waals surface area contributed by atoms with Crippen molar-refractivity contribution >= 4 is 0 Å². The summed E-state index contributed by atoms with van der Waals surface area (Å²) in [5, 5.41) is 0. The summed E-state index contributed by atoms with van der Waals surface area (Å²) in [4.78, 5) is 0. The van der Waals surface area contributed by atoms with Crippen LogP contribution in [-0.2, 0) is 0 Å². The van der Waals surface area contributed by atoms with Crippen molar-refractivity contribution < 1.29 is 4.39 Å². The summed E-state index contributed by atoms with van der Waals surface area (Å²) in [6, 6.07) is 0. The second-order valence-electron chi connectivity index (χ2n) is 3.14. The van der Waals surface area contributed by atoms with Gasteiger partial charge in [0.1, 0.15) is 5.67 Å². The zero-order valence-corrected chi connectivity index (χ0v) is 6.45. The minimum atomic E-state index is -1.05. The van der Waals surface area contributed by atoms with Crippen LogP contribution in [0.15, 0.2) is 12.7 Å². The average molecular weight is 130 g/mol. The van der Waals surface area contributed by atoms with Crippen LogP contribution in [0.3, 0.4) is 0 Å². The third-order valence-electron chi connectivity index (χ3n) is 1.21. The van der Waals surface area contributed by atoms with E-state index in [0.717, 1.165) is 0 Å². The summed E-state index contributed by atoms with van der Waals surface area (Å²) in [6.07, 6.45) is 2.35. The number of hydrogen-bond acceptors (Lipinski definition) is 0. The van der Waals surface area contributed by atoms with Gasteiger partial charge in [0, 0.05) is 0 Å². The molecule has 0 aliphatic heterocycles. The second kappa shape index (κ2) is 3.00. The Hall–Kier alpha value is -0.330. The number of halogens is 1. The molecule has 0 rings (SSSR count). The Balaban J connectivity index is 3.59. The van der Waals surface area contributed by atoms with Crippen molar-refractivity contribution in [2.75, 3.05) is 0 Å². The van der Waals surface area contributed by atoms with Crippen molar-refractivity contribution in [1.29, 1.82) is 0 Å². The lowest BCUT2D eigenvalue weighted by atomic mass is 9.97. The fourth-order valence-electron chi connectivity index (χ4n) is 0.849. The summed E-state index contributed by atoms with van der Waals surface area (Å²) < 4.78 is 12.8. The normalized spacial score (nSPS) is 15.1. The number of allylic oxidation sites excluding steroid dienone is 1. The third-order valence-corrected chi connectivity index (χ3v) is 1.21. The molecule has 9 heavy (non-hydrogen) atoms. The largest absolute Gasteiger partial charge is 0.244 e. The predicted octanol–water partition coefficient (Wildman–Crippen LogP) is 2.95. The highest BCUT2D eigenvalue weighted by atomic mass is 19.1. The Morgan fingerprint density at radius 3 is 2.22 bits per heavy atom. The fraction of sp³-hybridized carbons (Fsp3) is 0.750. The van der Waals surface area contributed by atoms with Gasteiger partial charge in [0.25, 0.3) is 0 Å². The SMILES string of the molecule is C=CC(C)CC(C)(C)F. The molecule has 0 saturated heterocycles. The lowest BCUT2D eigenvalue weighted by molar-refractivity contribution is 0.185. The van der Waals surface area contributed by atoms with Crippen molar-refractivity contribution in [3.63, 3.8) is 0 Å². The van der Waals surface area contributed by atoms with Gasteiger partial charge in [0.15, 0.2) is 0 Å². The molecular formula is C8H15F. The third kappa shape index (κ3) is 5.54. The maximum atomic E-state index is 12.8. The highest BCUT2D eigenvalue weighted by molar-refractivity contribution is 4.80. The van der Waals surface area contributed by atoms with Gasteiger partial charge in [-0.25, -0.2) is 4.39 Å². The highest BCUT2D eigenvalue weighted by Gasteiger charge is 2.17. The van der Waals surface area contributed by atoms with Gasteiger partial charge in [-0.15, -0.1) is 6.58 Å². The summed E-state index contributed by atoms with van der Waals surface area (Å²) in [6.45, 7) is 8.73. The molecule has 0 heterocycles. The van der Waals surface area contributed by atoms with Crippen molar-refractivity contribution in [3.05, 3.63) is 12.7 Å². The summed E-state index contributed by atoms with van der Waals surface area (Å²) in [5.74, 6) is 0.282. The van der Waals surface area contributed by atoms with Gasteiger partial charge in [0.05, 0.1) is 0 Å². The second-order valence-corrected chi connectivity index (χ2v) is 3.14. The maximum absolute atomic E-state index is 12.8. The minimum absolute atomic E-state index is 0.282. The average Bonchev–Trinajstić information content (AvgIpc) is 1.62. The zero-order valence-electron chi connectivity index (χ0n) is 6.45. The molecule has 0 aromatic rings. The van der Waals surface area contributed by atoms with E-state index in [0.29, 0.717) is 6.42 Å². The molecule has 54 valence electrons. The van der Waals surface area contributed by atoms with E-state index in [9.17, 15) is 4.39 Å². The van der Waals surface area contributed by atoms with E-state index in [2.05, 4.69) is 6.58 Å². The van der Waals surface area contributed by atoms with Crippen LogP contribution >= 0.6 is 0 Å². The van der Waals surface area contributed by atoms with Crippen LogP contribution in [0.1, 0.15) is 27.2 Å². The van der Waals surface area contributed by atoms with Crippen LogP contribution in [0.25, 0.3) is 0 Å². The van der Waals surface area contributed by atoms with Crippen LogP contribution < -0.4 is 0 Å². The predicted molar refractivity (Wildman–Crippen MR) is 39.2 cm³/mol. The lowest BCUT2D eigenvalue weighted by Gasteiger charge is -2.16.